The Morgan fingerprint density at radius 1 is 1.62 bits per heavy atom. The fraction of sp³-hybridized carbons (Fsp3) is 0.333. The van der Waals surface area contributed by atoms with Crippen molar-refractivity contribution in [1.82, 2.24) is 4.98 Å². The highest BCUT2D eigenvalue weighted by molar-refractivity contribution is 5.71. The highest BCUT2D eigenvalue weighted by Gasteiger charge is 2.24. The first-order valence-corrected chi connectivity index (χ1v) is 4.18. The maximum absolute atomic E-state index is 13.0. The second-order valence-electron chi connectivity index (χ2n) is 2.89. The number of pyridine rings is 1. The van der Waals surface area contributed by atoms with Crippen LogP contribution in [0.1, 0.15) is 17.6 Å². The maximum atomic E-state index is 13.0. The molecular formula is C9H8F3NO3. The van der Waals surface area contributed by atoms with E-state index in [1.165, 1.54) is 0 Å². The molecule has 0 aliphatic rings. The number of rotatable bonds is 4. The van der Waals surface area contributed by atoms with Crippen LogP contribution in [0.4, 0.5) is 13.2 Å². The van der Waals surface area contributed by atoms with Crippen molar-refractivity contribution in [2.24, 2.45) is 0 Å². The smallest absolute Gasteiger partial charge is 0.307 e. The van der Waals surface area contributed by atoms with Gasteiger partial charge in [-0.1, -0.05) is 0 Å². The number of aromatic nitrogens is 1. The highest BCUT2D eigenvalue weighted by atomic mass is 19.3. The largest absolute Gasteiger partial charge is 0.492 e. The third kappa shape index (κ3) is 2.41. The normalized spacial score (nSPS) is 10.6. The summed E-state index contributed by atoms with van der Waals surface area (Å²) >= 11 is 0. The van der Waals surface area contributed by atoms with E-state index in [2.05, 4.69) is 9.72 Å². The minimum atomic E-state index is -3.03. The van der Waals surface area contributed by atoms with E-state index in [1.54, 1.807) is 0 Å². The van der Waals surface area contributed by atoms with Gasteiger partial charge in [0.25, 0.3) is 12.4 Å². The number of methoxy groups -OCH3 is 1. The first-order valence-electron chi connectivity index (χ1n) is 4.18. The van der Waals surface area contributed by atoms with Crippen LogP contribution in [-0.2, 0) is 11.2 Å². The van der Waals surface area contributed by atoms with Crippen molar-refractivity contribution >= 4 is 5.97 Å². The molecule has 0 atom stereocenters. The van der Waals surface area contributed by atoms with Crippen molar-refractivity contribution in [2.45, 2.75) is 12.8 Å². The first kappa shape index (κ1) is 12.3. The van der Waals surface area contributed by atoms with E-state index in [0.29, 0.717) is 0 Å². The fourth-order valence-electron chi connectivity index (χ4n) is 1.26. The van der Waals surface area contributed by atoms with Gasteiger partial charge in [-0.15, -0.1) is 0 Å². The summed E-state index contributed by atoms with van der Waals surface area (Å²) in [4.78, 5) is 13.6. The van der Waals surface area contributed by atoms with Gasteiger partial charge in [0.15, 0.2) is 5.75 Å². The van der Waals surface area contributed by atoms with Crippen molar-refractivity contribution in [3.63, 3.8) is 0 Å². The van der Waals surface area contributed by atoms with E-state index in [1.807, 2.05) is 0 Å². The number of hydrogen-bond acceptors (Lipinski definition) is 3. The Kier molecular flexibility index (Phi) is 3.70. The van der Waals surface area contributed by atoms with Gasteiger partial charge in [-0.2, -0.15) is 4.39 Å². The zero-order valence-electron chi connectivity index (χ0n) is 8.21. The summed E-state index contributed by atoms with van der Waals surface area (Å²) in [5.74, 6) is -3.21. The second-order valence-corrected chi connectivity index (χ2v) is 2.89. The molecule has 0 bridgehead atoms. The molecule has 16 heavy (non-hydrogen) atoms. The third-order valence-corrected chi connectivity index (χ3v) is 1.88. The van der Waals surface area contributed by atoms with Crippen molar-refractivity contribution < 1.29 is 27.8 Å². The summed E-state index contributed by atoms with van der Waals surface area (Å²) in [7, 11) is 1.01. The molecule has 1 heterocycles. The highest BCUT2D eigenvalue weighted by Crippen LogP contribution is 2.33. The summed E-state index contributed by atoms with van der Waals surface area (Å²) in [5.41, 5.74) is -1.03. The van der Waals surface area contributed by atoms with Crippen LogP contribution in [0.5, 0.6) is 5.75 Å². The molecule has 0 amide bonds. The van der Waals surface area contributed by atoms with Gasteiger partial charge in [0.05, 0.1) is 19.1 Å². The molecule has 4 nitrogen and oxygen atoms in total. The molecule has 0 radical (unpaired) electrons. The first-order chi connectivity index (χ1) is 7.47. The van der Waals surface area contributed by atoms with E-state index < -0.39 is 36.1 Å². The molecule has 88 valence electrons. The molecule has 1 aromatic heterocycles. The zero-order valence-corrected chi connectivity index (χ0v) is 8.21. The molecule has 0 aliphatic heterocycles. The van der Waals surface area contributed by atoms with Crippen LogP contribution < -0.4 is 4.74 Å². The van der Waals surface area contributed by atoms with Crippen molar-refractivity contribution in [1.29, 1.82) is 0 Å². The molecule has 0 aliphatic carbocycles. The Labute approximate surface area is 88.7 Å². The molecule has 0 unspecified atom stereocenters. The molecule has 0 spiro atoms. The number of nitrogens with zero attached hydrogens (tertiary/aromatic N) is 1. The van der Waals surface area contributed by atoms with Crippen molar-refractivity contribution in [3.8, 4) is 5.75 Å². The standard InChI is InChI=1S/C9H8F3NO3/c1-16-7-6(8(10)11)4(2-5(14)15)3-13-9(7)12/h3,8H,2H2,1H3,(H,14,15). The summed E-state index contributed by atoms with van der Waals surface area (Å²) < 4.78 is 42.7. The summed E-state index contributed by atoms with van der Waals surface area (Å²) in [6, 6.07) is 0. The van der Waals surface area contributed by atoms with E-state index in [9.17, 15) is 18.0 Å². The maximum Gasteiger partial charge on any atom is 0.307 e. The van der Waals surface area contributed by atoms with Gasteiger partial charge in [-0.25, -0.2) is 13.8 Å². The van der Waals surface area contributed by atoms with Crippen LogP contribution in [0.3, 0.4) is 0 Å². The Morgan fingerprint density at radius 2 is 2.25 bits per heavy atom. The van der Waals surface area contributed by atoms with Crippen LogP contribution in [-0.4, -0.2) is 23.2 Å². The number of carboxylic acids is 1. The van der Waals surface area contributed by atoms with Gasteiger partial charge in [0, 0.05) is 6.20 Å². The van der Waals surface area contributed by atoms with Gasteiger partial charge in [0.1, 0.15) is 0 Å². The molecule has 1 rings (SSSR count). The van der Waals surface area contributed by atoms with E-state index in [4.69, 9.17) is 5.11 Å². The van der Waals surface area contributed by atoms with Gasteiger partial charge < -0.3 is 9.84 Å². The predicted octanol–water partition coefficient (Wildman–Crippen LogP) is 1.79. The third-order valence-electron chi connectivity index (χ3n) is 1.88. The van der Waals surface area contributed by atoms with Gasteiger partial charge in [-0.05, 0) is 5.56 Å². The lowest BCUT2D eigenvalue weighted by Crippen LogP contribution is -2.08. The minimum absolute atomic E-state index is 0.263. The Morgan fingerprint density at radius 3 is 2.69 bits per heavy atom. The van der Waals surface area contributed by atoms with Gasteiger partial charge >= 0.3 is 5.97 Å². The van der Waals surface area contributed by atoms with Gasteiger partial charge in [0.2, 0.25) is 0 Å². The number of carbonyl (C=O) groups is 1. The number of halogens is 3. The number of alkyl halides is 2. The number of hydrogen-bond donors (Lipinski definition) is 1. The van der Waals surface area contributed by atoms with Crippen LogP contribution in [0.2, 0.25) is 0 Å². The zero-order chi connectivity index (χ0) is 12.3. The molecule has 0 fully saturated rings. The lowest BCUT2D eigenvalue weighted by atomic mass is 10.1. The summed E-state index contributed by atoms with van der Waals surface area (Å²) in [6.07, 6.45) is -2.92. The van der Waals surface area contributed by atoms with Crippen molar-refractivity contribution in [2.75, 3.05) is 7.11 Å². The SMILES string of the molecule is COc1c(F)ncc(CC(=O)O)c1C(F)F. The second kappa shape index (κ2) is 4.82. The van der Waals surface area contributed by atoms with E-state index in [-0.39, 0.29) is 5.56 Å². The summed E-state index contributed by atoms with van der Waals surface area (Å²) in [5, 5.41) is 8.50. The Hall–Kier alpha value is -1.79. The number of aliphatic carboxylic acids is 1. The Bertz CT molecular complexity index is 409. The predicted molar refractivity (Wildman–Crippen MR) is 47.0 cm³/mol. The fourth-order valence-corrected chi connectivity index (χ4v) is 1.26. The molecule has 0 aromatic carbocycles. The summed E-state index contributed by atoms with van der Waals surface area (Å²) in [6.45, 7) is 0. The monoisotopic (exact) mass is 235 g/mol. The van der Waals surface area contributed by atoms with E-state index >= 15 is 0 Å². The van der Waals surface area contributed by atoms with E-state index in [0.717, 1.165) is 13.3 Å². The molecule has 0 saturated carbocycles. The quantitative estimate of drug-likeness (QED) is 0.808. The molecule has 7 heteroatoms. The lowest BCUT2D eigenvalue weighted by Gasteiger charge is -2.11. The van der Waals surface area contributed by atoms with Crippen LogP contribution in [0.25, 0.3) is 0 Å². The van der Waals surface area contributed by atoms with Crippen LogP contribution in [0.15, 0.2) is 6.20 Å². The topological polar surface area (TPSA) is 59.4 Å². The van der Waals surface area contributed by atoms with Crippen LogP contribution in [0, 0.1) is 5.95 Å². The number of ether oxygens (including phenoxy) is 1. The van der Waals surface area contributed by atoms with Crippen molar-refractivity contribution in [3.05, 3.63) is 23.3 Å². The molecule has 1 aromatic rings. The molecule has 0 saturated heterocycles. The molecular weight excluding hydrogens is 227 g/mol. The lowest BCUT2D eigenvalue weighted by molar-refractivity contribution is -0.136. The van der Waals surface area contributed by atoms with Gasteiger partial charge in [-0.3, -0.25) is 4.79 Å². The average molecular weight is 235 g/mol. The molecule has 1 N–H and O–H groups in total. The Balaban J connectivity index is 3.32. The van der Waals surface area contributed by atoms with Crippen LogP contribution >= 0.6 is 0 Å². The average Bonchev–Trinajstić information content (AvgIpc) is 2.18. The minimum Gasteiger partial charge on any atom is -0.492 e. The number of carboxylic acid groups (broad SMARTS) is 1.